The minimum atomic E-state index is -1.04. The number of primary amides is 1. The Hall–Kier alpha value is -0.610. The van der Waals surface area contributed by atoms with Crippen LogP contribution in [0.25, 0.3) is 0 Å². The average Bonchev–Trinajstić information content (AvgIpc) is 2.02. The lowest BCUT2D eigenvalue weighted by molar-refractivity contribution is -0.124. The third-order valence-electron chi connectivity index (χ3n) is 2.03. The molecule has 0 heterocycles. The van der Waals surface area contributed by atoms with Crippen molar-refractivity contribution >= 4 is 5.91 Å². The highest BCUT2D eigenvalue weighted by molar-refractivity contribution is 5.83. The van der Waals surface area contributed by atoms with Crippen molar-refractivity contribution < 1.29 is 9.53 Å². The van der Waals surface area contributed by atoms with Gasteiger partial charge >= 0.3 is 0 Å². The molecule has 0 radical (unpaired) electrons. The summed E-state index contributed by atoms with van der Waals surface area (Å²) in [7, 11) is 0. The van der Waals surface area contributed by atoms with Crippen LogP contribution in [0.2, 0.25) is 0 Å². The summed E-state index contributed by atoms with van der Waals surface area (Å²) in [6.45, 7) is 6.74. The number of carbonyl (C=O) groups is 1. The predicted octanol–water partition coefficient (Wildman–Crippen LogP) is 0.642. The second-order valence-corrected chi connectivity index (χ2v) is 4.37. The molecule has 4 N–H and O–H groups in total. The molecule has 1 amide bonds. The lowest BCUT2D eigenvalue weighted by Gasteiger charge is -2.20. The molecule has 0 aliphatic heterocycles. The molecule has 0 aliphatic rings. The molecular formula is C10H22N2O2. The molecule has 0 fully saturated rings. The van der Waals surface area contributed by atoms with E-state index in [1.807, 2.05) is 0 Å². The van der Waals surface area contributed by atoms with Gasteiger partial charge in [-0.25, -0.2) is 0 Å². The molecule has 0 aliphatic carbocycles. The Morgan fingerprint density at radius 1 is 1.50 bits per heavy atom. The van der Waals surface area contributed by atoms with Crippen LogP contribution in [-0.2, 0) is 9.53 Å². The fraction of sp³-hybridized carbons (Fsp3) is 0.900. The monoisotopic (exact) mass is 202 g/mol. The van der Waals surface area contributed by atoms with Crippen LogP contribution in [0.1, 0.15) is 33.6 Å². The maximum atomic E-state index is 10.8. The van der Waals surface area contributed by atoms with Crippen molar-refractivity contribution in [2.24, 2.45) is 17.4 Å². The van der Waals surface area contributed by atoms with Crippen molar-refractivity contribution in [2.75, 3.05) is 13.2 Å². The van der Waals surface area contributed by atoms with Crippen LogP contribution in [0.15, 0.2) is 0 Å². The third kappa shape index (κ3) is 5.94. The molecule has 0 aromatic heterocycles. The van der Waals surface area contributed by atoms with E-state index in [2.05, 4.69) is 13.8 Å². The molecule has 0 bridgehead atoms. The number of hydrogen-bond donors (Lipinski definition) is 2. The summed E-state index contributed by atoms with van der Waals surface area (Å²) in [6, 6.07) is 0. The number of amides is 1. The number of nitrogens with two attached hydrogens (primary N) is 2. The van der Waals surface area contributed by atoms with Crippen LogP contribution in [0.4, 0.5) is 0 Å². The van der Waals surface area contributed by atoms with Gasteiger partial charge in [-0.2, -0.15) is 0 Å². The molecule has 14 heavy (non-hydrogen) atoms. The Morgan fingerprint density at radius 3 is 2.50 bits per heavy atom. The molecule has 1 unspecified atom stereocenters. The van der Waals surface area contributed by atoms with Crippen LogP contribution in [-0.4, -0.2) is 24.7 Å². The highest BCUT2D eigenvalue weighted by Gasteiger charge is 2.25. The number of rotatable bonds is 7. The van der Waals surface area contributed by atoms with E-state index in [9.17, 15) is 4.79 Å². The minimum absolute atomic E-state index is 0.195. The van der Waals surface area contributed by atoms with Crippen molar-refractivity contribution in [1.29, 1.82) is 0 Å². The predicted molar refractivity (Wildman–Crippen MR) is 56.7 cm³/mol. The number of carbonyl (C=O) groups excluding carboxylic acids is 1. The standard InChI is InChI=1S/C10H22N2O2/c1-8(2)5-4-6-14-7-10(3,12)9(11)13/h8H,4-7,12H2,1-3H3,(H2,11,13). The highest BCUT2D eigenvalue weighted by Crippen LogP contribution is 2.04. The second kappa shape index (κ2) is 5.98. The van der Waals surface area contributed by atoms with Gasteiger partial charge in [-0.1, -0.05) is 13.8 Å². The lowest BCUT2D eigenvalue weighted by Crippen LogP contribution is -2.52. The van der Waals surface area contributed by atoms with Crippen LogP contribution in [0, 0.1) is 5.92 Å². The first-order chi connectivity index (χ1) is 6.36. The Labute approximate surface area is 86.0 Å². The van der Waals surface area contributed by atoms with Gasteiger partial charge in [-0.15, -0.1) is 0 Å². The summed E-state index contributed by atoms with van der Waals surface area (Å²) in [4.78, 5) is 10.8. The van der Waals surface area contributed by atoms with E-state index in [0.717, 1.165) is 12.8 Å². The normalized spacial score (nSPS) is 15.5. The van der Waals surface area contributed by atoms with Gasteiger partial charge in [0.15, 0.2) is 0 Å². The molecule has 84 valence electrons. The third-order valence-corrected chi connectivity index (χ3v) is 2.03. The van der Waals surface area contributed by atoms with E-state index >= 15 is 0 Å². The molecule has 0 aromatic rings. The number of ether oxygens (including phenoxy) is 1. The molecule has 0 saturated carbocycles. The summed E-state index contributed by atoms with van der Waals surface area (Å²) < 4.78 is 5.28. The molecule has 4 heteroatoms. The van der Waals surface area contributed by atoms with E-state index < -0.39 is 11.4 Å². The van der Waals surface area contributed by atoms with Gasteiger partial charge in [0.1, 0.15) is 5.54 Å². The fourth-order valence-corrected chi connectivity index (χ4v) is 0.949. The van der Waals surface area contributed by atoms with Crippen LogP contribution in [0.3, 0.4) is 0 Å². The maximum Gasteiger partial charge on any atom is 0.239 e. The Morgan fingerprint density at radius 2 is 2.07 bits per heavy atom. The van der Waals surface area contributed by atoms with Crippen molar-refractivity contribution in [3.05, 3.63) is 0 Å². The number of hydrogen-bond acceptors (Lipinski definition) is 3. The smallest absolute Gasteiger partial charge is 0.239 e. The van der Waals surface area contributed by atoms with E-state index in [1.54, 1.807) is 6.92 Å². The van der Waals surface area contributed by atoms with Gasteiger partial charge in [0.25, 0.3) is 0 Å². The van der Waals surface area contributed by atoms with E-state index in [4.69, 9.17) is 16.2 Å². The molecular weight excluding hydrogens is 180 g/mol. The first kappa shape index (κ1) is 13.4. The Kier molecular flexibility index (Phi) is 5.72. The first-order valence-electron chi connectivity index (χ1n) is 5.03. The van der Waals surface area contributed by atoms with Gasteiger partial charge in [0.05, 0.1) is 6.61 Å². The summed E-state index contributed by atoms with van der Waals surface area (Å²) in [5, 5.41) is 0. The zero-order valence-electron chi connectivity index (χ0n) is 9.38. The van der Waals surface area contributed by atoms with Crippen LogP contribution in [0.5, 0.6) is 0 Å². The minimum Gasteiger partial charge on any atom is -0.379 e. The quantitative estimate of drug-likeness (QED) is 0.595. The zero-order valence-corrected chi connectivity index (χ0v) is 9.38. The van der Waals surface area contributed by atoms with E-state index in [1.165, 1.54) is 0 Å². The Bertz CT molecular complexity index is 179. The zero-order chi connectivity index (χ0) is 11.2. The summed E-state index contributed by atoms with van der Waals surface area (Å²) >= 11 is 0. The summed E-state index contributed by atoms with van der Waals surface area (Å²) in [5.74, 6) is 0.153. The molecule has 0 rings (SSSR count). The van der Waals surface area contributed by atoms with Gasteiger partial charge in [-0.3, -0.25) is 4.79 Å². The maximum absolute atomic E-state index is 10.8. The van der Waals surface area contributed by atoms with Crippen LogP contribution < -0.4 is 11.5 Å². The summed E-state index contributed by atoms with van der Waals surface area (Å²) in [5.41, 5.74) is 9.65. The highest BCUT2D eigenvalue weighted by atomic mass is 16.5. The van der Waals surface area contributed by atoms with Crippen molar-refractivity contribution in [3.8, 4) is 0 Å². The molecule has 0 saturated heterocycles. The van der Waals surface area contributed by atoms with Crippen molar-refractivity contribution in [1.82, 2.24) is 0 Å². The van der Waals surface area contributed by atoms with Gasteiger partial charge in [-0.05, 0) is 25.7 Å². The van der Waals surface area contributed by atoms with Crippen LogP contribution >= 0.6 is 0 Å². The average molecular weight is 202 g/mol. The largest absolute Gasteiger partial charge is 0.379 e. The molecule has 4 nitrogen and oxygen atoms in total. The van der Waals surface area contributed by atoms with E-state index in [-0.39, 0.29) is 6.61 Å². The molecule has 0 spiro atoms. The fourth-order valence-electron chi connectivity index (χ4n) is 0.949. The van der Waals surface area contributed by atoms with E-state index in [0.29, 0.717) is 12.5 Å². The molecule has 1 atom stereocenters. The Balaban J connectivity index is 3.49. The van der Waals surface area contributed by atoms with Crippen molar-refractivity contribution in [2.45, 2.75) is 39.2 Å². The van der Waals surface area contributed by atoms with Gasteiger partial charge < -0.3 is 16.2 Å². The second-order valence-electron chi connectivity index (χ2n) is 4.37. The summed E-state index contributed by atoms with van der Waals surface area (Å²) in [6.07, 6.45) is 2.12. The lowest BCUT2D eigenvalue weighted by atomic mass is 10.1. The SMILES string of the molecule is CC(C)CCCOCC(C)(N)C(N)=O. The topological polar surface area (TPSA) is 78.3 Å². The van der Waals surface area contributed by atoms with Gasteiger partial charge in [0.2, 0.25) is 5.91 Å². The molecule has 0 aromatic carbocycles. The van der Waals surface area contributed by atoms with Crippen molar-refractivity contribution in [3.63, 3.8) is 0 Å². The van der Waals surface area contributed by atoms with Gasteiger partial charge in [0, 0.05) is 6.61 Å². The first-order valence-corrected chi connectivity index (χ1v) is 5.03.